The summed E-state index contributed by atoms with van der Waals surface area (Å²) in [5.41, 5.74) is 0. The zero-order valence-corrected chi connectivity index (χ0v) is 49.6. The Balaban J connectivity index is 4.57. The van der Waals surface area contributed by atoms with Crippen LogP contribution in [0.1, 0.15) is 290 Å². The van der Waals surface area contributed by atoms with E-state index in [4.69, 9.17) is 37.9 Å². The number of unbranched alkanes of at least 4 members (excludes halogenated alkanes) is 24. The van der Waals surface area contributed by atoms with Gasteiger partial charge in [-0.05, 0) is 70.6 Å². The van der Waals surface area contributed by atoms with E-state index in [1.807, 2.05) is 6.92 Å². The third-order valence-electron chi connectivity index (χ3n) is 13.5. The van der Waals surface area contributed by atoms with E-state index in [9.17, 15) is 38.4 Å². The third kappa shape index (κ3) is 52.6. The molecule has 2 unspecified atom stereocenters. The Morgan fingerprint density at radius 2 is 0.538 bits per heavy atom. The number of esters is 7. The number of Topliss-reactive ketones (excluding diaryl/α,β-unsaturated/α-hetero) is 1. The van der Waals surface area contributed by atoms with E-state index in [0.29, 0.717) is 103 Å². The van der Waals surface area contributed by atoms with Crippen molar-refractivity contribution < 1.29 is 76.3 Å². The molecule has 0 aliphatic rings. The summed E-state index contributed by atoms with van der Waals surface area (Å²) in [5, 5.41) is 0. The molecule has 0 aromatic rings. The molecule has 0 aliphatic carbocycles. The molecule has 0 fully saturated rings. The van der Waals surface area contributed by atoms with Gasteiger partial charge < -0.3 is 37.9 Å². The highest BCUT2D eigenvalue weighted by Gasteiger charge is 2.20. The molecule has 0 saturated heterocycles. The van der Waals surface area contributed by atoms with Crippen molar-refractivity contribution in [3.05, 3.63) is 0 Å². The number of methoxy groups -OCH3 is 1. The van der Waals surface area contributed by atoms with Gasteiger partial charge in [-0.3, -0.25) is 38.4 Å². The third-order valence-corrected chi connectivity index (χ3v) is 13.5. The van der Waals surface area contributed by atoms with Gasteiger partial charge in [-0.15, -0.1) is 0 Å². The van der Waals surface area contributed by atoms with Crippen LogP contribution < -0.4 is 0 Å². The van der Waals surface area contributed by atoms with Gasteiger partial charge in [-0.2, -0.15) is 0 Å². The molecule has 78 heavy (non-hydrogen) atoms. The molecule has 0 saturated carbocycles. The van der Waals surface area contributed by atoms with Crippen LogP contribution in [-0.2, 0) is 76.3 Å². The maximum absolute atomic E-state index is 12.8. The van der Waals surface area contributed by atoms with Gasteiger partial charge in [0.15, 0.2) is 6.10 Å². The molecule has 0 rings (SSSR count). The highest BCUT2D eigenvalue weighted by Crippen LogP contribution is 2.16. The van der Waals surface area contributed by atoms with E-state index in [-0.39, 0.29) is 69.4 Å². The lowest BCUT2D eigenvalue weighted by Gasteiger charge is -2.18. The second-order valence-electron chi connectivity index (χ2n) is 21.0. The molecule has 0 amide bonds. The largest absolute Gasteiger partial charge is 0.466 e. The summed E-state index contributed by atoms with van der Waals surface area (Å²) in [5.74, 6) is -1.90. The Labute approximate surface area is 471 Å². The van der Waals surface area contributed by atoms with Crippen LogP contribution >= 0.6 is 0 Å². The van der Waals surface area contributed by atoms with Crippen molar-refractivity contribution in [3.8, 4) is 0 Å². The fourth-order valence-electron chi connectivity index (χ4n) is 8.55. The Morgan fingerprint density at radius 3 is 0.885 bits per heavy atom. The zero-order chi connectivity index (χ0) is 57.4. The molecule has 16 heteroatoms. The first-order valence-electron chi connectivity index (χ1n) is 31.1. The lowest BCUT2D eigenvalue weighted by molar-refractivity contribution is -0.167. The highest BCUT2D eigenvalue weighted by molar-refractivity contribution is 5.78. The van der Waals surface area contributed by atoms with Crippen LogP contribution in [0.5, 0.6) is 0 Å². The first-order valence-corrected chi connectivity index (χ1v) is 31.1. The monoisotopic (exact) mass is 1110 g/mol. The van der Waals surface area contributed by atoms with E-state index in [0.717, 1.165) is 135 Å². The van der Waals surface area contributed by atoms with Crippen LogP contribution in [0.2, 0.25) is 0 Å². The number of hydrogen-bond donors (Lipinski definition) is 0. The van der Waals surface area contributed by atoms with Crippen LogP contribution in [0.4, 0.5) is 0 Å². The van der Waals surface area contributed by atoms with Gasteiger partial charge in [0.05, 0.1) is 19.8 Å². The van der Waals surface area contributed by atoms with Crippen LogP contribution in [0.3, 0.4) is 0 Å². The standard InChI is InChI=1S/C62H110O16/c1-5-8-11-12-13-18-27-36-53(63)37-28-19-14-20-32-41-59(67)75-51-55(78-62(70)44-35-26-17-23-30-39-57(65)73-48-10-7-3)52-76-60(68)42-33-24-15-21-31-40-58(66)74-50-46-54(45-49-71-4)77-61(69)43-34-25-16-22-29-38-56(64)72-47-9-6-2/h54-55H,5-52H2,1-4H3. The normalized spacial score (nSPS) is 11.8. The molecule has 0 spiro atoms. The van der Waals surface area contributed by atoms with E-state index >= 15 is 0 Å². The first kappa shape index (κ1) is 73.9. The Hall–Kier alpha value is -4.08. The predicted molar refractivity (Wildman–Crippen MR) is 302 cm³/mol. The van der Waals surface area contributed by atoms with Crippen molar-refractivity contribution in [2.45, 2.75) is 303 Å². The molecule has 0 heterocycles. The van der Waals surface area contributed by atoms with Gasteiger partial charge in [0.1, 0.15) is 25.1 Å². The van der Waals surface area contributed by atoms with Crippen molar-refractivity contribution in [2.75, 3.05) is 46.8 Å². The zero-order valence-electron chi connectivity index (χ0n) is 49.6. The number of carbonyl (C=O) groups excluding carboxylic acids is 8. The number of ketones is 1. The van der Waals surface area contributed by atoms with Crippen molar-refractivity contribution in [3.63, 3.8) is 0 Å². The predicted octanol–water partition coefficient (Wildman–Crippen LogP) is 14.2. The van der Waals surface area contributed by atoms with E-state index in [1.165, 1.54) is 32.1 Å². The summed E-state index contributed by atoms with van der Waals surface area (Å²) >= 11 is 0. The average Bonchev–Trinajstić information content (AvgIpc) is 3.41. The minimum atomic E-state index is -0.939. The molecule has 454 valence electrons. The summed E-state index contributed by atoms with van der Waals surface area (Å²) in [6, 6.07) is 0. The van der Waals surface area contributed by atoms with Crippen LogP contribution in [0.25, 0.3) is 0 Å². The molecular weight excluding hydrogens is 1000 g/mol. The molecule has 0 N–H and O–H groups in total. The molecule has 0 aromatic carbocycles. The van der Waals surface area contributed by atoms with Gasteiger partial charge in [0.2, 0.25) is 0 Å². The second kappa shape index (κ2) is 56.2. The molecular formula is C62H110O16. The first-order chi connectivity index (χ1) is 37.9. The minimum Gasteiger partial charge on any atom is -0.466 e. The van der Waals surface area contributed by atoms with Gasteiger partial charge in [0, 0.05) is 84.3 Å². The van der Waals surface area contributed by atoms with E-state index in [2.05, 4.69) is 13.8 Å². The van der Waals surface area contributed by atoms with Gasteiger partial charge in [-0.25, -0.2) is 0 Å². The summed E-state index contributed by atoms with van der Waals surface area (Å²) in [4.78, 5) is 99.0. The summed E-state index contributed by atoms with van der Waals surface area (Å²) in [6.07, 6.45) is 30.7. The quantitative estimate of drug-likeness (QED) is 0.0315. The maximum atomic E-state index is 12.8. The summed E-state index contributed by atoms with van der Waals surface area (Å²) in [7, 11) is 1.58. The topological polar surface area (TPSA) is 210 Å². The lowest BCUT2D eigenvalue weighted by atomic mass is 10.0. The average molecular weight is 1110 g/mol. The van der Waals surface area contributed by atoms with Crippen molar-refractivity contribution >= 4 is 47.6 Å². The Kier molecular flexibility index (Phi) is 53.3. The summed E-state index contributed by atoms with van der Waals surface area (Å²) < 4.78 is 43.3. The Morgan fingerprint density at radius 1 is 0.269 bits per heavy atom. The number of rotatable bonds is 58. The SMILES string of the molecule is CCCCCCCCCC(=O)CCCCCCCC(=O)OCC(COC(=O)CCCCCCCC(=O)OCCC(CCOC)OC(=O)CCCCCCCC(=O)OCCCC)OC(=O)CCCCCCCC(=O)OCCCC. The van der Waals surface area contributed by atoms with Crippen LogP contribution in [0.15, 0.2) is 0 Å². The Bertz CT molecular complexity index is 1520. The molecule has 16 nitrogen and oxygen atoms in total. The molecule has 0 aliphatic heterocycles. The molecule has 0 radical (unpaired) electrons. The van der Waals surface area contributed by atoms with Gasteiger partial charge >= 0.3 is 41.8 Å². The fraction of sp³-hybridized carbons (Fsp3) is 0.871. The lowest BCUT2D eigenvalue weighted by Crippen LogP contribution is -2.30. The van der Waals surface area contributed by atoms with E-state index in [1.54, 1.807) is 7.11 Å². The second-order valence-corrected chi connectivity index (χ2v) is 21.0. The minimum absolute atomic E-state index is 0.137. The van der Waals surface area contributed by atoms with Crippen molar-refractivity contribution in [1.29, 1.82) is 0 Å². The maximum Gasteiger partial charge on any atom is 0.306 e. The smallest absolute Gasteiger partial charge is 0.306 e. The molecule has 0 bridgehead atoms. The number of ether oxygens (including phenoxy) is 8. The van der Waals surface area contributed by atoms with Crippen molar-refractivity contribution in [2.24, 2.45) is 0 Å². The summed E-state index contributed by atoms with van der Waals surface area (Å²) in [6.45, 7) is 7.35. The van der Waals surface area contributed by atoms with Crippen molar-refractivity contribution in [1.82, 2.24) is 0 Å². The number of hydrogen-bond acceptors (Lipinski definition) is 16. The van der Waals surface area contributed by atoms with Gasteiger partial charge in [0.25, 0.3) is 0 Å². The molecule has 2 atom stereocenters. The fourth-order valence-corrected chi connectivity index (χ4v) is 8.55. The van der Waals surface area contributed by atoms with E-state index < -0.39 is 30.1 Å². The molecule has 0 aromatic heterocycles. The van der Waals surface area contributed by atoms with Crippen LogP contribution in [0, 0.1) is 0 Å². The number of carbonyl (C=O) groups is 8. The van der Waals surface area contributed by atoms with Crippen LogP contribution in [-0.4, -0.2) is 107 Å². The van der Waals surface area contributed by atoms with Gasteiger partial charge in [-0.1, -0.05) is 149 Å². The highest BCUT2D eigenvalue weighted by atomic mass is 16.6.